The van der Waals surface area contributed by atoms with Gasteiger partial charge in [-0.1, -0.05) is 36.4 Å². The molecular formula is C17H14F2N4. The van der Waals surface area contributed by atoms with Gasteiger partial charge in [-0.05, 0) is 17.7 Å². The van der Waals surface area contributed by atoms with Crippen LogP contribution in [0.1, 0.15) is 5.56 Å². The topological polar surface area (TPSA) is 49.8 Å². The molecule has 0 saturated carbocycles. The van der Waals surface area contributed by atoms with Crippen molar-refractivity contribution in [1.29, 1.82) is 0 Å². The first-order valence-corrected chi connectivity index (χ1v) is 7.03. The maximum absolute atomic E-state index is 13.6. The lowest BCUT2D eigenvalue weighted by molar-refractivity contribution is 0.590. The fraction of sp³-hybridized carbons (Fsp3) is 0.0588. The fourth-order valence-corrected chi connectivity index (χ4v) is 2.06. The van der Waals surface area contributed by atoms with Crippen LogP contribution < -0.4 is 10.6 Å². The van der Waals surface area contributed by atoms with Gasteiger partial charge < -0.3 is 10.6 Å². The van der Waals surface area contributed by atoms with Crippen LogP contribution in [0.4, 0.5) is 26.1 Å². The number of anilines is 3. The van der Waals surface area contributed by atoms with E-state index < -0.39 is 11.6 Å². The van der Waals surface area contributed by atoms with E-state index in [1.165, 1.54) is 24.5 Å². The van der Waals surface area contributed by atoms with Gasteiger partial charge >= 0.3 is 0 Å². The third-order valence-electron chi connectivity index (χ3n) is 3.20. The zero-order valence-electron chi connectivity index (χ0n) is 12.1. The second-order valence-corrected chi connectivity index (χ2v) is 4.85. The van der Waals surface area contributed by atoms with Gasteiger partial charge in [-0.2, -0.15) is 0 Å². The number of nitrogens with zero attached hydrogens (tertiary/aromatic N) is 2. The lowest BCUT2D eigenvalue weighted by atomic mass is 10.2. The summed E-state index contributed by atoms with van der Waals surface area (Å²) in [6.07, 6.45) is 1.33. The summed E-state index contributed by atoms with van der Waals surface area (Å²) < 4.78 is 27.3. The molecule has 4 nitrogen and oxygen atoms in total. The van der Waals surface area contributed by atoms with Crippen molar-refractivity contribution in [2.45, 2.75) is 6.54 Å². The number of hydrogen-bond donors (Lipinski definition) is 2. The van der Waals surface area contributed by atoms with Crippen LogP contribution in [0.5, 0.6) is 0 Å². The van der Waals surface area contributed by atoms with E-state index in [1.807, 2.05) is 30.3 Å². The molecular weight excluding hydrogens is 298 g/mol. The lowest BCUT2D eigenvalue weighted by Gasteiger charge is -2.10. The molecule has 3 rings (SSSR count). The van der Waals surface area contributed by atoms with Gasteiger partial charge in [-0.15, -0.1) is 0 Å². The Kier molecular flexibility index (Phi) is 4.42. The molecule has 0 aliphatic rings. The molecule has 0 radical (unpaired) electrons. The SMILES string of the molecule is Fc1cccc(F)c1Nc1cc(NCc2ccccc2)ncn1. The maximum Gasteiger partial charge on any atom is 0.149 e. The first-order valence-electron chi connectivity index (χ1n) is 7.03. The zero-order chi connectivity index (χ0) is 16.1. The Morgan fingerprint density at radius 2 is 1.52 bits per heavy atom. The molecule has 1 heterocycles. The summed E-state index contributed by atoms with van der Waals surface area (Å²) in [4.78, 5) is 8.07. The van der Waals surface area contributed by atoms with E-state index in [0.29, 0.717) is 18.2 Å². The summed E-state index contributed by atoms with van der Waals surface area (Å²) in [5, 5.41) is 5.78. The second-order valence-electron chi connectivity index (χ2n) is 4.85. The van der Waals surface area contributed by atoms with Crippen molar-refractivity contribution >= 4 is 17.3 Å². The van der Waals surface area contributed by atoms with E-state index in [0.717, 1.165) is 5.56 Å². The Labute approximate surface area is 132 Å². The molecule has 3 aromatic rings. The van der Waals surface area contributed by atoms with Gasteiger partial charge in [-0.25, -0.2) is 18.7 Å². The molecule has 116 valence electrons. The number of para-hydroxylation sites is 1. The fourth-order valence-electron chi connectivity index (χ4n) is 2.06. The molecule has 0 bridgehead atoms. The quantitative estimate of drug-likeness (QED) is 0.744. The highest BCUT2D eigenvalue weighted by atomic mass is 19.1. The van der Waals surface area contributed by atoms with Gasteiger partial charge in [0.2, 0.25) is 0 Å². The van der Waals surface area contributed by atoms with Crippen LogP contribution in [0.2, 0.25) is 0 Å². The van der Waals surface area contributed by atoms with Gasteiger partial charge in [0.15, 0.2) is 0 Å². The van der Waals surface area contributed by atoms with Crippen LogP contribution in [0, 0.1) is 11.6 Å². The van der Waals surface area contributed by atoms with E-state index in [-0.39, 0.29) is 5.69 Å². The van der Waals surface area contributed by atoms with Crippen molar-refractivity contribution in [2.24, 2.45) is 0 Å². The van der Waals surface area contributed by atoms with Crippen molar-refractivity contribution in [3.8, 4) is 0 Å². The predicted octanol–water partition coefficient (Wildman–Crippen LogP) is 4.11. The Morgan fingerprint density at radius 3 is 2.26 bits per heavy atom. The number of rotatable bonds is 5. The smallest absolute Gasteiger partial charge is 0.149 e. The summed E-state index contributed by atoms with van der Waals surface area (Å²) in [5.41, 5.74) is 0.862. The molecule has 0 amide bonds. The molecule has 6 heteroatoms. The average Bonchev–Trinajstić information content (AvgIpc) is 2.58. The van der Waals surface area contributed by atoms with E-state index in [9.17, 15) is 8.78 Å². The normalized spacial score (nSPS) is 10.3. The van der Waals surface area contributed by atoms with Crippen LogP contribution in [0.25, 0.3) is 0 Å². The summed E-state index contributed by atoms with van der Waals surface area (Å²) in [5.74, 6) is -0.493. The van der Waals surface area contributed by atoms with Crippen molar-refractivity contribution in [3.05, 3.63) is 78.1 Å². The van der Waals surface area contributed by atoms with Crippen molar-refractivity contribution in [1.82, 2.24) is 9.97 Å². The van der Waals surface area contributed by atoms with E-state index >= 15 is 0 Å². The summed E-state index contributed by atoms with van der Waals surface area (Å²) in [6, 6.07) is 15.1. The highest BCUT2D eigenvalue weighted by Crippen LogP contribution is 2.22. The number of benzene rings is 2. The minimum atomic E-state index is -0.678. The molecule has 0 aliphatic carbocycles. The largest absolute Gasteiger partial charge is 0.366 e. The second kappa shape index (κ2) is 6.83. The van der Waals surface area contributed by atoms with Gasteiger partial charge in [0.1, 0.15) is 35.3 Å². The highest BCUT2D eigenvalue weighted by molar-refractivity contribution is 5.60. The maximum atomic E-state index is 13.6. The Hall–Kier alpha value is -3.02. The molecule has 0 unspecified atom stereocenters. The van der Waals surface area contributed by atoms with Gasteiger partial charge in [-0.3, -0.25) is 0 Å². The van der Waals surface area contributed by atoms with Crippen LogP contribution in [-0.2, 0) is 6.54 Å². The summed E-state index contributed by atoms with van der Waals surface area (Å²) in [6.45, 7) is 0.589. The molecule has 2 aromatic carbocycles. The molecule has 0 atom stereocenters. The summed E-state index contributed by atoms with van der Waals surface area (Å²) in [7, 11) is 0. The standard InChI is InChI=1S/C17H14F2N4/c18-13-7-4-8-14(19)17(13)23-16-9-15(21-11-22-16)20-10-12-5-2-1-3-6-12/h1-9,11H,10H2,(H2,20,21,22,23). The van der Waals surface area contributed by atoms with E-state index in [1.54, 1.807) is 6.07 Å². The molecule has 2 N–H and O–H groups in total. The third-order valence-corrected chi connectivity index (χ3v) is 3.20. The third kappa shape index (κ3) is 3.79. The van der Waals surface area contributed by atoms with Crippen LogP contribution in [0.15, 0.2) is 60.9 Å². The molecule has 0 spiro atoms. The van der Waals surface area contributed by atoms with Gasteiger partial charge in [0, 0.05) is 12.6 Å². The highest BCUT2D eigenvalue weighted by Gasteiger charge is 2.09. The minimum absolute atomic E-state index is 0.236. The molecule has 0 fully saturated rings. The number of aromatic nitrogens is 2. The first-order chi connectivity index (χ1) is 11.2. The predicted molar refractivity (Wildman–Crippen MR) is 85.4 cm³/mol. The lowest BCUT2D eigenvalue weighted by Crippen LogP contribution is -2.04. The van der Waals surface area contributed by atoms with E-state index in [2.05, 4.69) is 20.6 Å². The zero-order valence-corrected chi connectivity index (χ0v) is 12.1. The number of hydrogen-bond acceptors (Lipinski definition) is 4. The average molecular weight is 312 g/mol. The summed E-state index contributed by atoms with van der Waals surface area (Å²) >= 11 is 0. The Morgan fingerprint density at radius 1 is 0.826 bits per heavy atom. The molecule has 0 saturated heterocycles. The first kappa shape index (κ1) is 14.9. The van der Waals surface area contributed by atoms with Gasteiger partial charge in [0.05, 0.1) is 0 Å². The molecule has 0 aliphatic heterocycles. The van der Waals surface area contributed by atoms with Crippen molar-refractivity contribution in [3.63, 3.8) is 0 Å². The van der Waals surface area contributed by atoms with Crippen molar-refractivity contribution < 1.29 is 8.78 Å². The van der Waals surface area contributed by atoms with Crippen LogP contribution >= 0.6 is 0 Å². The van der Waals surface area contributed by atoms with Gasteiger partial charge in [0.25, 0.3) is 0 Å². The van der Waals surface area contributed by atoms with Crippen LogP contribution in [-0.4, -0.2) is 9.97 Å². The van der Waals surface area contributed by atoms with Crippen LogP contribution in [0.3, 0.4) is 0 Å². The minimum Gasteiger partial charge on any atom is -0.366 e. The van der Waals surface area contributed by atoms with E-state index in [4.69, 9.17) is 0 Å². The molecule has 1 aromatic heterocycles. The number of halogens is 2. The monoisotopic (exact) mass is 312 g/mol. The Bertz CT molecular complexity index is 773. The Balaban J connectivity index is 1.72. The van der Waals surface area contributed by atoms with Crippen molar-refractivity contribution in [2.75, 3.05) is 10.6 Å². The molecule has 23 heavy (non-hydrogen) atoms. The number of nitrogens with one attached hydrogen (secondary N) is 2.